The second-order valence-electron chi connectivity index (χ2n) is 6.93. The van der Waals surface area contributed by atoms with Gasteiger partial charge in [-0.25, -0.2) is 0 Å². The number of fused-ring (bicyclic) bond motifs is 1. The van der Waals surface area contributed by atoms with Gasteiger partial charge in [-0.1, -0.05) is 28.9 Å². The van der Waals surface area contributed by atoms with Gasteiger partial charge in [0, 0.05) is 4.47 Å². The fraction of sp³-hybridized carbons (Fsp3) is 0.217. The maximum absolute atomic E-state index is 12.5. The summed E-state index contributed by atoms with van der Waals surface area (Å²) in [7, 11) is 1.55. The molecule has 0 atom stereocenters. The maximum Gasteiger partial charge on any atom is 0.283 e. The quantitative estimate of drug-likeness (QED) is 0.384. The van der Waals surface area contributed by atoms with Gasteiger partial charge < -0.3 is 14.2 Å². The van der Waals surface area contributed by atoms with E-state index < -0.39 is 5.91 Å². The van der Waals surface area contributed by atoms with Gasteiger partial charge in [0.15, 0.2) is 17.3 Å². The number of thioether (sulfide) groups is 1. The Morgan fingerprint density at radius 3 is 2.61 bits per heavy atom. The van der Waals surface area contributed by atoms with E-state index in [9.17, 15) is 4.79 Å². The first kappa shape index (κ1) is 23.1. The second-order valence-corrected chi connectivity index (χ2v) is 8.88. The van der Waals surface area contributed by atoms with Crippen LogP contribution in [0, 0.1) is 5.41 Å². The van der Waals surface area contributed by atoms with Gasteiger partial charge in [0.05, 0.1) is 12.7 Å². The summed E-state index contributed by atoms with van der Waals surface area (Å²) < 4.78 is 17.9. The zero-order chi connectivity index (χ0) is 23.4. The lowest BCUT2D eigenvalue weighted by Crippen LogP contribution is -2.35. The summed E-state index contributed by atoms with van der Waals surface area (Å²) in [6.45, 7) is 2.67. The van der Waals surface area contributed by atoms with Crippen LogP contribution >= 0.6 is 27.7 Å². The highest BCUT2D eigenvalue weighted by Crippen LogP contribution is 2.32. The third-order valence-corrected chi connectivity index (χ3v) is 6.30. The Balaban J connectivity index is 1.43. The lowest BCUT2D eigenvalue weighted by Gasteiger charge is -2.20. The monoisotopic (exact) mass is 528 g/mol. The van der Waals surface area contributed by atoms with Crippen molar-refractivity contribution in [3.63, 3.8) is 0 Å². The number of amides is 1. The van der Waals surface area contributed by atoms with Gasteiger partial charge in [0.1, 0.15) is 24.0 Å². The summed E-state index contributed by atoms with van der Waals surface area (Å²) >= 11 is 4.71. The summed E-state index contributed by atoms with van der Waals surface area (Å²) in [5.41, 5.74) is 0.850. The summed E-state index contributed by atoms with van der Waals surface area (Å²) in [4.78, 5) is 16.6. The minimum Gasteiger partial charge on any atom is -0.493 e. The van der Waals surface area contributed by atoms with Gasteiger partial charge >= 0.3 is 0 Å². The van der Waals surface area contributed by atoms with Crippen molar-refractivity contribution >= 4 is 55.7 Å². The van der Waals surface area contributed by atoms with Crippen LogP contribution in [0.3, 0.4) is 0 Å². The zero-order valence-electron chi connectivity index (χ0n) is 18.0. The molecule has 0 aromatic heterocycles. The minimum atomic E-state index is -0.462. The van der Waals surface area contributed by atoms with Gasteiger partial charge in [-0.05, 0) is 66.2 Å². The predicted molar refractivity (Wildman–Crippen MR) is 133 cm³/mol. The number of carbonyl (C=O) groups is 1. The van der Waals surface area contributed by atoms with Gasteiger partial charge in [-0.15, -0.1) is 0 Å². The largest absolute Gasteiger partial charge is 0.493 e. The topological polar surface area (TPSA) is 96.6 Å². The Morgan fingerprint density at radius 1 is 1.12 bits per heavy atom. The number of hydrazone groups is 1. The molecule has 2 aliphatic heterocycles. The summed E-state index contributed by atoms with van der Waals surface area (Å²) in [6, 6.07) is 12.9. The van der Waals surface area contributed by atoms with Gasteiger partial charge in [-0.2, -0.15) is 15.1 Å². The van der Waals surface area contributed by atoms with Crippen LogP contribution in [0.15, 0.2) is 62.6 Å². The van der Waals surface area contributed by atoms with Crippen LogP contribution in [0.2, 0.25) is 0 Å². The third kappa shape index (κ3) is 5.28. The van der Waals surface area contributed by atoms with E-state index in [4.69, 9.17) is 19.6 Å². The summed E-state index contributed by atoms with van der Waals surface area (Å²) in [6.07, 6.45) is 2.32. The Labute approximate surface area is 204 Å². The molecular weight excluding hydrogens is 508 g/mol. The molecule has 0 spiro atoms. The van der Waals surface area contributed by atoms with Gasteiger partial charge in [0.2, 0.25) is 5.17 Å². The number of nitrogens with zero attached hydrogens (tertiary/aromatic N) is 3. The highest BCUT2D eigenvalue weighted by molar-refractivity contribution is 9.10. The fourth-order valence-electron chi connectivity index (χ4n) is 3.08. The lowest BCUT2D eigenvalue weighted by atomic mass is 10.1. The molecule has 170 valence electrons. The Bertz CT molecular complexity index is 1180. The molecule has 10 heteroatoms. The molecule has 2 aromatic carbocycles. The number of rotatable bonds is 8. The average Bonchev–Trinajstić information content (AvgIpc) is 3.24. The van der Waals surface area contributed by atoms with Crippen LogP contribution in [0.1, 0.15) is 18.9 Å². The molecule has 1 amide bonds. The Kier molecular flexibility index (Phi) is 7.14. The Morgan fingerprint density at radius 2 is 1.88 bits per heavy atom. The van der Waals surface area contributed by atoms with Crippen molar-refractivity contribution in [2.45, 2.75) is 13.3 Å². The molecule has 2 aromatic rings. The van der Waals surface area contributed by atoms with Gasteiger partial charge in [0.25, 0.3) is 5.91 Å². The first-order valence-electron chi connectivity index (χ1n) is 10.2. The molecule has 0 saturated heterocycles. The standard InChI is InChI=1S/C23H21BrN4O4S/c1-3-20-27-28-21(25)17(22(29)26-23(28)33-20)12-14-4-9-18(19(13-14)30-2)32-11-10-31-16-7-5-15(24)6-8-16/h4-9,12-13,25H,3,10-11H2,1-2H3/b17-12+,25-21?. The van der Waals surface area contributed by atoms with Crippen LogP contribution in [0.25, 0.3) is 6.08 Å². The average molecular weight is 529 g/mol. The highest BCUT2D eigenvalue weighted by Gasteiger charge is 2.35. The molecule has 2 heterocycles. The molecule has 33 heavy (non-hydrogen) atoms. The SMILES string of the molecule is CCC1=NN2C(=N)/C(=C\c3ccc(OCCOc4ccc(Br)cc4)c(OC)c3)C(=O)N=C2S1. The van der Waals surface area contributed by atoms with Gasteiger partial charge in [-0.3, -0.25) is 10.2 Å². The fourth-order valence-corrected chi connectivity index (χ4v) is 4.17. The zero-order valence-corrected chi connectivity index (χ0v) is 20.4. The predicted octanol–water partition coefficient (Wildman–Crippen LogP) is 4.94. The van der Waals surface area contributed by atoms with Crippen LogP contribution in [0.5, 0.6) is 17.2 Å². The number of aliphatic imine (C=N–C) groups is 1. The van der Waals surface area contributed by atoms with E-state index in [1.54, 1.807) is 31.4 Å². The number of carbonyl (C=O) groups excluding carboxylic acids is 1. The van der Waals surface area contributed by atoms with Crippen molar-refractivity contribution in [3.05, 3.63) is 58.1 Å². The van der Waals surface area contributed by atoms with Crippen molar-refractivity contribution < 1.29 is 19.0 Å². The van der Waals surface area contributed by atoms with E-state index in [0.29, 0.717) is 41.9 Å². The van der Waals surface area contributed by atoms with E-state index >= 15 is 0 Å². The molecular formula is C23H21BrN4O4S. The number of nitrogens with one attached hydrogen (secondary N) is 1. The normalized spacial score (nSPS) is 16.5. The smallest absolute Gasteiger partial charge is 0.283 e. The van der Waals surface area contributed by atoms with Crippen molar-refractivity contribution in [2.75, 3.05) is 20.3 Å². The van der Waals surface area contributed by atoms with Crippen LogP contribution in [0.4, 0.5) is 0 Å². The van der Waals surface area contributed by atoms with Crippen molar-refractivity contribution in [1.29, 1.82) is 5.41 Å². The number of methoxy groups -OCH3 is 1. The maximum atomic E-state index is 12.5. The number of amidine groups is 2. The summed E-state index contributed by atoms with van der Waals surface area (Å²) in [5, 5.41) is 15.4. The molecule has 0 aliphatic carbocycles. The third-order valence-electron chi connectivity index (χ3n) is 4.72. The van der Waals surface area contributed by atoms with Crippen LogP contribution in [-0.2, 0) is 4.79 Å². The van der Waals surface area contributed by atoms with E-state index in [1.807, 2.05) is 31.2 Å². The molecule has 0 unspecified atom stereocenters. The van der Waals surface area contributed by atoms with Crippen LogP contribution in [-0.4, -0.2) is 47.3 Å². The Hall–Kier alpha value is -3.11. The molecule has 0 radical (unpaired) electrons. The molecule has 4 rings (SSSR count). The minimum absolute atomic E-state index is 0.00494. The molecule has 0 bridgehead atoms. The molecule has 0 saturated carbocycles. The number of hydrogen-bond acceptors (Lipinski definition) is 7. The number of halogens is 1. The summed E-state index contributed by atoms with van der Waals surface area (Å²) in [5.74, 6) is 1.36. The molecule has 2 aliphatic rings. The first-order valence-corrected chi connectivity index (χ1v) is 11.8. The van der Waals surface area contributed by atoms with E-state index in [1.165, 1.54) is 16.8 Å². The lowest BCUT2D eigenvalue weighted by molar-refractivity contribution is -0.114. The van der Waals surface area contributed by atoms with Crippen molar-refractivity contribution in [1.82, 2.24) is 5.01 Å². The number of benzene rings is 2. The van der Waals surface area contributed by atoms with Crippen LogP contribution < -0.4 is 14.2 Å². The van der Waals surface area contributed by atoms with E-state index in [0.717, 1.165) is 15.3 Å². The van der Waals surface area contributed by atoms with Crippen molar-refractivity contribution in [2.24, 2.45) is 10.1 Å². The number of ether oxygens (including phenoxy) is 3. The van der Waals surface area contributed by atoms with Crippen molar-refractivity contribution in [3.8, 4) is 17.2 Å². The second kappa shape index (κ2) is 10.2. The number of hydrogen-bond donors (Lipinski definition) is 1. The highest BCUT2D eigenvalue weighted by atomic mass is 79.9. The molecule has 8 nitrogen and oxygen atoms in total. The van der Waals surface area contributed by atoms with E-state index in [2.05, 4.69) is 26.0 Å². The molecule has 1 N–H and O–H groups in total. The molecule has 0 fully saturated rings. The van der Waals surface area contributed by atoms with E-state index in [-0.39, 0.29) is 11.4 Å². The first-order chi connectivity index (χ1) is 16.0.